The lowest BCUT2D eigenvalue weighted by molar-refractivity contribution is -0.121. The van der Waals surface area contributed by atoms with Crippen LogP contribution in [0.15, 0.2) is 29.4 Å². The number of amides is 1. The van der Waals surface area contributed by atoms with Crippen LogP contribution in [0.25, 0.3) is 0 Å². The second-order valence-electron chi connectivity index (χ2n) is 3.95. The molecule has 0 bridgehead atoms. The molecule has 0 atom stereocenters. The first-order valence-corrected chi connectivity index (χ1v) is 5.15. The molecule has 0 aliphatic heterocycles. The van der Waals surface area contributed by atoms with Crippen LogP contribution in [-0.2, 0) is 4.79 Å². The minimum atomic E-state index is -0.322. The van der Waals surface area contributed by atoms with Crippen LogP contribution in [0.3, 0.4) is 0 Å². The lowest BCUT2D eigenvalue weighted by Crippen LogP contribution is -2.19. The summed E-state index contributed by atoms with van der Waals surface area (Å²) in [4.78, 5) is 11.2. The van der Waals surface area contributed by atoms with Gasteiger partial charge in [-0.1, -0.05) is 26.0 Å². The predicted molar refractivity (Wildman–Crippen MR) is 61.6 cm³/mol. The lowest BCUT2D eigenvalue weighted by Gasteiger charge is -2.01. The molecule has 1 rings (SSSR count). The number of carbonyl (C=O) groups excluding carboxylic acids is 1. The molecule has 0 aliphatic carbocycles. The van der Waals surface area contributed by atoms with Crippen LogP contribution in [0.5, 0.6) is 0 Å². The van der Waals surface area contributed by atoms with Crippen molar-refractivity contribution >= 4 is 12.1 Å². The normalized spacial score (nSPS) is 11.0. The van der Waals surface area contributed by atoms with Gasteiger partial charge in [0.15, 0.2) is 0 Å². The Labute approximate surface area is 94.4 Å². The largest absolute Gasteiger partial charge is 0.273 e. The van der Waals surface area contributed by atoms with Gasteiger partial charge in [0.1, 0.15) is 5.82 Å². The number of hydrogen-bond acceptors (Lipinski definition) is 2. The van der Waals surface area contributed by atoms with Gasteiger partial charge in [-0.3, -0.25) is 4.79 Å². The Morgan fingerprint density at radius 1 is 1.56 bits per heavy atom. The van der Waals surface area contributed by atoms with Gasteiger partial charge in [0.25, 0.3) is 0 Å². The third-order valence-electron chi connectivity index (χ3n) is 1.85. The summed E-state index contributed by atoms with van der Waals surface area (Å²) in [6, 6.07) is 6.00. The highest BCUT2D eigenvalue weighted by molar-refractivity contribution is 5.82. The maximum absolute atomic E-state index is 12.8. The minimum absolute atomic E-state index is 0.136. The van der Waals surface area contributed by atoms with Crippen LogP contribution in [0.4, 0.5) is 4.39 Å². The summed E-state index contributed by atoms with van der Waals surface area (Å²) in [6.45, 7) is 3.91. The molecule has 0 aromatic heterocycles. The maximum atomic E-state index is 12.8. The van der Waals surface area contributed by atoms with E-state index in [1.54, 1.807) is 12.1 Å². The Morgan fingerprint density at radius 3 is 2.94 bits per heavy atom. The number of carbonyl (C=O) groups is 1. The summed E-state index contributed by atoms with van der Waals surface area (Å²) in [6.07, 6.45) is 1.85. The van der Waals surface area contributed by atoms with E-state index in [-0.39, 0.29) is 11.7 Å². The Kier molecular flexibility index (Phi) is 4.64. The summed E-state index contributed by atoms with van der Waals surface area (Å²) in [5.41, 5.74) is 3.01. The molecular weight excluding hydrogens is 207 g/mol. The zero-order chi connectivity index (χ0) is 12.0. The van der Waals surface area contributed by atoms with Gasteiger partial charge in [-0.05, 0) is 23.6 Å². The van der Waals surface area contributed by atoms with Crippen molar-refractivity contribution in [3.05, 3.63) is 35.6 Å². The van der Waals surface area contributed by atoms with E-state index >= 15 is 0 Å². The molecule has 0 aliphatic rings. The molecule has 0 unspecified atom stereocenters. The molecule has 0 heterocycles. The van der Waals surface area contributed by atoms with Gasteiger partial charge in [-0.2, -0.15) is 5.10 Å². The van der Waals surface area contributed by atoms with E-state index in [0.717, 1.165) is 0 Å². The zero-order valence-electron chi connectivity index (χ0n) is 9.40. The van der Waals surface area contributed by atoms with Gasteiger partial charge in [-0.25, -0.2) is 9.82 Å². The van der Waals surface area contributed by atoms with E-state index in [4.69, 9.17) is 0 Å². The van der Waals surface area contributed by atoms with Crippen LogP contribution in [0.1, 0.15) is 25.8 Å². The fraction of sp³-hybridized carbons (Fsp3) is 0.333. The van der Waals surface area contributed by atoms with Crippen molar-refractivity contribution in [1.29, 1.82) is 0 Å². The van der Waals surface area contributed by atoms with Gasteiger partial charge in [0.2, 0.25) is 5.91 Å². The number of halogens is 1. The van der Waals surface area contributed by atoms with Crippen molar-refractivity contribution in [2.75, 3.05) is 0 Å². The van der Waals surface area contributed by atoms with Crippen molar-refractivity contribution in [1.82, 2.24) is 5.43 Å². The summed E-state index contributed by atoms with van der Waals surface area (Å²) in [5, 5.41) is 3.74. The molecule has 1 amide bonds. The molecule has 0 spiro atoms. The molecule has 4 heteroatoms. The SMILES string of the molecule is CC(C)CC(=O)N/N=C/c1cccc(F)c1. The molecule has 1 N–H and O–H groups in total. The standard InChI is InChI=1S/C12H15FN2O/c1-9(2)6-12(16)15-14-8-10-4-3-5-11(13)7-10/h3-5,7-9H,6H2,1-2H3,(H,15,16)/b14-8+. The van der Waals surface area contributed by atoms with Crippen LogP contribution in [-0.4, -0.2) is 12.1 Å². The van der Waals surface area contributed by atoms with Crippen molar-refractivity contribution in [2.45, 2.75) is 20.3 Å². The molecule has 3 nitrogen and oxygen atoms in total. The van der Waals surface area contributed by atoms with Gasteiger partial charge in [0.05, 0.1) is 6.21 Å². The van der Waals surface area contributed by atoms with E-state index in [2.05, 4.69) is 10.5 Å². The number of nitrogens with zero attached hydrogens (tertiary/aromatic N) is 1. The fourth-order valence-electron chi connectivity index (χ4n) is 1.18. The van der Waals surface area contributed by atoms with E-state index in [1.807, 2.05) is 13.8 Å². The monoisotopic (exact) mass is 222 g/mol. The first-order valence-electron chi connectivity index (χ1n) is 5.15. The molecule has 16 heavy (non-hydrogen) atoms. The number of rotatable bonds is 4. The summed E-state index contributed by atoms with van der Waals surface area (Å²) in [5.74, 6) is -0.163. The maximum Gasteiger partial charge on any atom is 0.240 e. The highest BCUT2D eigenvalue weighted by atomic mass is 19.1. The van der Waals surface area contributed by atoms with Crippen LogP contribution < -0.4 is 5.43 Å². The Hall–Kier alpha value is -1.71. The summed E-state index contributed by atoms with van der Waals surface area (Å²) >= 11 is 0. The fourth-order valence-corrected chi connectivity index (χ4v) is 1.18. The van der Waals surface area contributed by atoms with Crippen molar-refractivity contribution < 1.29 is 9.18 Å². The quantitative estimate of drug-likeness (QED) is 0.616. The van der Waals surface area contributed by atoms with Gasteiger partial charge < -0.3 is 0 Å². The van der Waals surface area contributed by atoms with E-state index < -0.39 is 0 Å². The lowest BCUT2D eigenvalue weighted by atomic mass is 10.1. The number of benzene rings is 1. The highest BCUT2D eigenvalue weighted by Gasteiger charge is 2.02. The average molecular weight is 222 g/mol. The van der Waals surface area contributed by atoms with Gasteiger partial charge in [0, 0.05) is 6.42 Å². The summed E-state index contributed by atoms with van der Waals surface area (Å²) < 4.78 is 12.8. The molecule has 0 fully saturated rings. The molecule has 0 saturated carbocycles. The highest BCUT2D eigenvalue weighted by Crippen LogP contribution is 2.00. The van der Waals surface area contributed by atoms with Crippen LogP contribution in [0, 0.1) is 11.7 Å². The van der Waals surface area contributed by atoms with E-state index in [1.165, 1.54) is 18.3 Å². The second kappa shape index (κ2) is 6.00. The van der Waals surface area contributed by atoms with E-state index in [0.29, 0.717) is 17.9 Å². The Bertz CT molecular complexity index is 388. The number of hydrogen-bond donors (Lipinski definition) is 1. The first-order chi connectivity index (χ1) is 7.58. The number of nitrogens with one attached hydrogen (secondary N) is 1. The van der Waals surface area contributed by atoms with Crippen molar-refractivity contribution in [3.8, 4) is 0 Å². The second-order valence-corrected chi connectivity index (χ2v) is 3.95. The van der Waals surface area contributed by atoms with Gasteiger partial charge in [-0.15, -0.1) is 0 Å². The molecule has 86 valence electrons. The Balaban J connectivity index is 2.46. The number of hydrazone groups is 1. The van der Waals surface area contributed by atoms with Crippen molar-refractivity contribution in [2.24, 2.45) is 11.0 Å². The van der Waals surface area contributed by atoms with Crippen LogP contribution >= 0.6 is 0 Å². The predicted octanol–water partition coefficient (Wildman–Crippen LogP) is 2.32. The summed E-state index contributed by atoms with van der Waals surface area (Å²) in [7, 11) is 0. The third-order valence-corrected chi connectivity index (χ3v) is 1.85. The minimum Gasteiger partial charge on any atom is -0.273 e. The molecule has 0 saturated heterocycles. The van der Waals surface area contributed by atoms with E-state index in [9.17, 15) is 9.18 Å². The zero-order valence-corrected chi connectivity index (χ0v) is 9.40. The smallest absolute Gasteiger partial charge is 0.240 e. The van der Waals surface area contributed by atoms with Crippen LogP contribution in [0.2, 0.25) is 0 Å². The molecule has 1 aromatic carbocycles. The average Bonchev–Trinajstić information content (AvgIpc) is 2.16. The first kappa shape index (κ1) is 12.4. The topological polar surface area (TPSA) is 41.5 Å². The van der Waals surface area contributed by atoms with Gasteiger partial charge >= 0.3 is 0 Å². The Morgan fingerprint density at radius 2 is 2.31 bits per heavy atom. The molecular formula is C12H15FN2O. The third kappa shape index (κ3) is 4.68. The molecule has 1 aromatic rings. The van der Waals surface area contributed by atoms with Crippen molar-refractivity contribution in [3.63, 3.8) is 0 Å². The molecule has 0 radical (unpaired) electrons.